The Hall–Kier alpha value is -0.570. The third kappa shape index (κ3) is 1.33. The Labute approximate surface area is 72.4 Å². The van der Waals surface area contributed by atoms with E-state index in [0.717, 1.165) is 13.1 Å². The SMILES string of the molecule is O=C(O)C1CN(C2CCCC2)C1. The van der Waals surface area contributed by atoms with Crippen molar-refractivity contribution in [2.45, 2.75) is 31.7 Å². The summed E-state index contributed by atoms with van der Waals surface area (Å²) in [6, 6.07) is 0.709. The van der Waals surface area contributed by atoms with Gasteiger partial charge in [-0.1, -0.05) is 12.8 Å². The van der Waals surface area contributed by atoms with E-state index in [1.165, 1.54) is 25.7 Å². The number of hydrogen-bond donors (Lipinski definition) is 1. The van der Waals surface area contributed by atoms with E-state index in [1.54, 1.807) is 0 Å². The van der Waals surface area contributed by atoms with Crippen LogP contribution in [0.2, 0.25) is 0 Å². The van der Waals surface area contributed by atoms with Gasteiger partial charge in [-0.3, -0.25) is 9.69 Å². The molecule has 1 aliphatic carbocycles. The minimum Gasteiger partial charge on any atom is -0.481 e. The minimum absolute atomic E-state index is 0.0781. The fourth-order valence-electron chi connectivity index (χ4n) is 2.24. The molecule has 2 aliphatic rings. The Morgan fingerprint density at radius 3 is 2.33 bits per heavy atom. The average Bonchev–Trinajstić information content (AvgIpc) is 2.34. The Morgan fingerprint density at radius 1 is 1.25 bits per heavy atom. The van der Waals surface area contributed by atoms with E-state index in [-0.39, 0.29) is 5.92 Å². The van der Waals surface area contributed by atoms with Crippen molar-refractivity contribution < 1.29 is 9.90 Å². The van der Waals surface area contributed by atoms with Gasteiger partial charge in [-0.25, -0.2) is 0 Å². The molecule has 0 bridgehead atoms. The Kier molecular flexibility index (Phi) is 2.05. The molecule has 1 saturated carbocycles. The standard InChI is InChI=1S/C9H15NO2/c11-9(12)7-5-10(6-7)8-3-1-2-4-8/h7-8H,1-6H2,(H,11,12). The summed E-state index contributed by atoms with van der Waals surface area (Å²) in [4.78, 5) is 12.8. The molecule has 3 heteroatoms. The third-order valence-corrected chi connectivity index (χ3v) is 3.10. The summed E-state index contributed by atoms with van der Waals surface area (Å²) < 4.78 is 0. The number of hydrogen-bond acceptors (Lipinski definition) is 2. The quantitative estimate of drug-likeness (QED) is 0.669. The lowest BCUT2D eigenvalue weighted by molar-refractivity contribution is -0.148. The van der Waals surface area contributed by atoms with Crippen LogP contribution in [0.15, 0.2) is 0 Å². The van der Waals surface area contributed by atoms with Crippen LogP contribution in [0.3, 0.4) is 0 Å². The van der Waals surface area contributed by atoms with E-state index < -0.39 is 5.97 Å². The number of nitrogens with zero attached hydrogens (tertiary/aromatic N) is 1. The van der Waals surface area contributed by atoms with Crippen molar-refractivity contribution in [1.29, 1.82) is 0 Å². The Balaban J connectivity index is 1.77. The molecule has 0 amide bonds. The molecule has 0 spiro atoms. The van der Waals surface area contributed by atoms with Gasteiger partial charge in [-0.05, 0) is 12.8 Å². The molecule has 1 aliphatic heterocycles. The lowest BCUT2D eigenvalue weighted by atomic mass is 9.97. The molecule has 2 rings (SSSR count). The highest BCUT2D eigenvalue weighted by atomic mass is 16.4. The first-order valence-corrected chi connectivity index (χ1v) is 4.74. The summed E-state index contributed by atoms with van der Waals surface area (Å²) in [7, 11) is 0. The maximum Gasteiger partial charge on any atom is 0.309 e. The van der Waals surface area contributed by atoms with E-state index in [1.807, 2.05) is 0 Å². The van der Waals surface area contributed by atoms with Crippen molar-refractivity contribution >= 4 is 5.97 Å². The van der Waals surface area contributed by atoms with Gasteiger partial charge in [0.1, 0.15) is 0 Å². The summed E-state index contributed by atoms with van der Waals surface area (Å²) in [6.07, 6.45) is 5.23. The summed E-state index contributed by atoms with van der Waals surface area (Å²) in [5.74, 6) is -0.699. The van der Waals surface area contributed by atoms with Crippen LogP contribution in [0.1, 0.15) is 25.7 Å². The van der Waals surface area contributed by atoms with Gasteiger partial charge in [0.15, 0.2) is 0 Å². The largest absolute Gasteiger partial charge is 0.481 e. The lowest BCUT2D eigenvalue weighted by Crippen LogP contribution is -2.54. The number of carboxylic acid groups (broad SMARTS) is 1. The molecule has 12 heavy (non-hydrogen) atoms. The summed E-state index contributed by atoms with van der Waals surface area (Å²) in [6.45, 7) is 1.58. The second-order valence-electron chi connectivity index (χ2n) is 3.93. The summed E-state index contributed by atoms with van der Waals surface area (Å²) in [5.41, 5.74) is 0. The zero-order chi connectivity index (χ0) is 8.55. The molecule has 0 unspecified atom stereocenters. The molecule has 0 radical (unpaired) electrons. The zero-order valence-electron chi connectivity index (χ0n) is 7.20. The molecule has 3 nitrogen and oxygen atoms in total. The predicted molar refractivity (Wildman–Crippen MR) is 45.0 cm³/mol. The number of aliphatic carboxylic acids is 1. The first-order valence-electron chi connectivity index (χ1n) is 4.74. The number of likely N-dealkylation sites (tertiary alicyclic amines) is 1. The van der Waals surface area contributed by atoms with E-state index in [9.17, 15) is 4.79 Å². The van der Waals surface area contributed by atoms with Crippen LogP contribution < -0.4 is 0 Å². The molecule has 1 heterocycles. The fraction of sp³-hybridized carbons (Fsp3) is 0.889. The van der Waals surface area contributed by atoms with Crippen LogP contribution >= 0.6 is 0 Å². The molecule has 2 fully saturated rings. The molecular formula is C9H15NO2. The minimum atomic E-state index is -0.621. The van der Waals surface area contributed by atoms with Gasteiger partial charge in [-0.15, -0.1) is 0 Å². The monoisotopic (exact) mass is 169 g/mol. The van der Waals surface area contributed by atoms with Crippen molar-refractivity contribution in [3.63, 3.8) is 0 Å². The summed E-state index contributed by atoms with van der Waals surface area (Å²) >= 11 is 0. The molecule has 0 aromatic carbocycles. The third-order valence-electron chi connectivity index (χ3n) is 3.10. The zero-order valence-corrected chi connectivity index (χ0v) is 7.20. The van der Waals surface area contributed by atoms with Gasteiger partial charge in [0.2, 0.25) is 0 Å². The topological polar surface area (TPSA) is 40.5 Å². The van der Waals surface area contributed by atoms with Crippen molar-refractivity contribution in [2.24, 2.45) is 5.92 Å². The molecule has 68 valence electrons. The molecule has 1 N–H and O–H groups in total. The average molecular weight is 169 g/mol. The van der Waals surface area contributed by atoms with E-state index in [4.69, 9.17) is 5.11 Å². The van der Waals surface area contributed by atoms with Crippen LogP contribution in [0.25, 0.3) is 0 Å². The van der Waals surface area contributed by atoms with Gasteiger partial charge in [0, 0.05) is 19.1 Å². The van der Waals surface area contributed by atoms with Gasteiger partial charge in [0.05, 0.1) is 5.92 Å². The van der Waals surface area contributed by atoms with Crippen LogP contribution in [0.4, 0.5) is 0 Å². The lowest BCUT2D eigenvalue weighted by Gasteiger charge is -2.41. The van der Waals surface area contributed by atoms with Crippen LogP contribution in [-0.4, -0.2) is 35.1 Å². The highest BCUT2D eigenvalue weighted by Gasteiger charge is 2.37. The second-order valence-corrected chi connectivity index (χ2v) is 3.93. The van der Waals surface area contributed by atoms with Crippen LogP contribution in [0.5, 0.6) is 0 Å². The number of carboxylic acids is 1. The smallest absolute Gasteiger partial charge is 0.309 e. The van der Waals surface area contributed by atoms with Gasteiger partial charge in [-0.2, -0.15) is 0 Å². The molecule has 1 saturated heterocycles. The van der Waals surface area contributed by atoms with E-state index in [2.05, 4.69) is 4.90 Å². The van der Waals surface area contributed by atoms with Gasteiger partial charge in [0.25, 0.3) is 0 Å². The molecule has 0 atom stereocenters. The Morgan fingerprint density at radius 2 is 1.83 bits per heavy atom. The normalized spacial score (nSPS) is 27.3. The van der Waals surface area contributed by atoms with Gasteiger partial charge >= 0.3 is 5.97 Å². The predicted octanol–water partition coefficient (Wildman–Crippen LogP) is 0.945. The Bertz CT molecular complexity index is 181. The van der Waals surface area contributed by atoms with Crippen LogP contribution in [0, 0.1) is 5.92 Å². The number of carbonyl (C=O) groups is 1. The van der Waals surface area contributed by atoms with E-state index in [0.29, 0.717) is 6.04 Å². The second kappa shape index (κ2) is 3.05. The highest BCUT2D eigenvalue weighted by molar-refractivity contribution is 5.71. The maximum atomic E-state index is 10.5. The first-order chi connectivity index (χ1) is 5.77. The van der Waals surface area contributed by atoms with E-state index >= 15 is 0 Å². The number of rotatable bonds is 2. The summed E-state index contributed by atoms with van der Waals surface area (Å²) in [5, 5.41) is 8.67. The van der Waals surface area contributed by atoms with Crippen molar-refractivity contribution in [3.05, 3.63) is 0 Å². The van der Waals surface area contributed by atoms with Crippen molar-refractivity contribution in [1.82, 2.24) is 4.90 Å². The van der Waals surface area contributed by atoms with Crippen LogP contribution in [-0.2, 0) is 4.79 Å². The molecular weight excluding hydrogens is 154 g/mol. The molecule has 0 aromatic heterocycles. The highest BCUT2D eigenvalue weighted by Crippen LogP contribution is 2.29. The van der Waals surface area contributed by atoms with Gasteiger partial charge < -0.3 is 5.11 Å². The van der Waals surface area contributed by atoms with Crippen molar-refractivity contribution in [2.75, 3.05) is 13.1 Å². The maximum absolute atomic E-state index is 10.5. The molecule has 0 aromatic rings. The fourth-order valence-corrected chi connectivity index (χ4v) is 2.24. The first kappa shape index (κ1) is 8.05. The van der Waals surface area contributed by atoms with Crippen molar-refractivity contribution in [3.8, 4) is 0 Å².